The van der Waals surface area contributed by atoms with Crippen LogP contribution in [0.25, 0.3) is 0 Å². The van der Waals surface area contributed by atoms with Crippen molar-refractivity contribution < 1.29 is 4.79 Å². The maximum atomic E-state index is 12.0. The first-order valence-corrected chi connectivity index (χ1v) is 8.97. The topological polar surface area (TPSA) is 104 Å². The number of hydrogen-bond acceptors (Lipinski definition) is 6. The average Bonchev–Trinajstić information content (AvgIpc) is 2.69. The molecule has 28 heavy (non-hydrogen) atoms. The Hall–Kier alpha value is -3.68. The molecular formula is C20H23N7O. The van der Waals surface area contributed by atoms with Crippen molar-refractivity contribution in [2.75, 3.05) is 29.0 Å². The predicted molar refractivity (Wildman–Crippen MR) is 111 cm³/mol. The van der Waals surface area contributed by atoms with Gasteiger partial charge in [-0.15, -0.1) is 10.2 Å². The molecule has 144 valence electrons. The molecular weight excluding hydrogens is 354 g/mol. The third-order valence-electron chi connectivity index (χ3n) is 3.96. The molecule has 0 atom stereocenters. The number of benzene rings is 1. The van der Waals surface area contributed by atoms with E-state index in [4.69, 9.17) is 0 Å². The number of carbonyl (C=O) groups is 1. The Kier molecular flexibility index (Phi) is 6.35. The van der Waals surface area contributed by atoms with Gasteiger partial charge in [0.2, 0.25) is 0 Å². The highest BCUT2D eigenvalue weighted by molar-refractivity contribution is 5.90. The van der Waals surface area contributed by atoms with Gasteiger partial charge in [0.25, 0.3) is 0 Å². The highest BCUT2D eigenvalue weighted by Gasteiger charge is 2.04. The molecule has 0 bridgehead atoms. The number of urea groups is 1. The van der Waals surface area contributed by atoms with Crippen molar-refractivity contribution in [3.05, 3.63) is 66.0 Å². The van der Waals surface area contributed by atoms with Gasteiger partial charge < -0.3 is 21.3 Å². The lowest BCUT2D eigenvalue weighted by Crippen LogP contribution is -2.33. The van der Waals surface area contributed by atoms with E-state index in [2.05, 4.69) is 36.4 Å². The summed E-state index contributed by atoms with van der Waals surface area (Å²) in [6, 6.07) is 13.0. The normalized spacial score (nSPS) is 10.2. The fraction of sp³-hybridized carbons (Fsp3) is 0.200. The maximum absolute atomic E-state index is 12.0. The lowest BCUT2D eigenvalue weighted by molar-refractivity contribution is 0.252. The minimum Gasteiger partial charge on any atom is -0.367 e. The van der Waals surface area contributed by atoms with Crippen LogP contribution in [0.4, 0.5) is 27.8 Å². The van der Waals surface area contributed by atoms with Crippen LogP contribution >= 0.6 is 0 Å². The number of hydrogen-bond donors (Lipinski definition) is 4. The molecule has 8 nitrogen and oxygen atoms in total. The van der Waals surface area contributed by atoms with Crippen LogP contribution in [0.3, 0.4) is 0 Å². The van der Waals surface area contributed by atoms with E-state index in [1.54, 1.807) is 12.4 Å². The second-order valence-electron chi connectivity index (χ2n) is 6.29. The molecule has 0 radical (unpaired) electrons. The summed E-state index contributed by atoms with van der Waals surface area (Å²) in [5, 5.41) is 20.1. The molecule has 3 rings (SSSR count). The third-order valence-corrected chi connectivity index (χ3v) is 3.96. The van der Waals surface area contributed by atoms with Gasteiger partial charge in [-0.2, -0.15) is 0 Å². The van der Waals surface area contributed by atoms with Gasteiger partial charge in [-0.05, 0) is 49.7 Å². The standard InChI is InChI=1S/C20H23N7O/c1-14-3-4-17(15(2)13-14)25-20(28)23-12-11-22-18-5-6-19(27-26-18)24-16-7-9-21-10-8-16/h3-10,13H,11-12H2,1-2H3,(H,22,26)(H,21,24,27)(H2,23,25,28). The number of carbonyl (C=O) groups excluding carboxylic acids is 1. The van der Waals surface area contributed by atoms with E-state index in [9.17, 15) is 4.79 Å². The summed E-state index contributed by atoms with van der Waals surface area (Å²) >= 11 is 0. The molecule has 4 N–H and O–H groups in total. The first kappa shape index (κ1) is 19.1. The zero-order valence-corrected chi connectivity index (χ0v) is 15.9. The minimum atomic E-state index is -0.239. The molecule has 0 saturated carbocycles. The summed E-state index contributed by atoms with van der Waals surface area (Å²) in [5.74, 6) is 1.28. The largest absolute Gasteiger partial charge is 0.367 e. The Morgan fingerprint density at radius 2 is 1.68 bits per heavy atom. The summed E-state index contributed by atoms with van der Waals surface area (Å²) < 4.78 is 0. The molecule has 0 aliphatic rings. The molecule has 3 aromatic rings. The zero-order chi connectivity index (χ0) is 19.8. The van der Waals surface area contributed by atoms with E-state index in [0.29, 0.717) is 24.7 Å². The quantitative estimate of drug-likeness (QED) is 0.470. The molecule has 0 spiro atoms. The number of nitrogens with one attached hydrogen (secondary N) is 4. The van der Waals surface area contributed by atoms with E-state index < -0.39 is 0 Å². The monoisotopic (exact) mass is 377 g/mol. The van der Waals surface area contributed by atoms with Crippen molar-refractivity contribution in [1.82, 2.24) is 20.5 Å². The van der Waals surface area contributed by atoms with Gasteiger partial charge in [0.05, 0.1) is 0 Å². The third kappa shape index (κ3) is 5.66. The molecule has 0 aliphatic heterocycles. The van der Waals surface area contributed by atoms with Crippen molar-refractivity contribution in [3.8, 4) is 0 Å². The van der Waals surface area contributed by atoms with Crippen molar-refractivity contribution in [2.45, 2.75) is 13.8 Å². The van der Waals surface area contributed by atoms with Gasteiger partial charge in [0, 0.05) is 36.9 Å². The molecule has 8 heteroatoms. The van der Waals surface area contributed by atoms with Crippen molar-refractivity contribution >= 4 is 29.0 Å². The first-order chi connectivity index (χ1) is 13.6. The number of rotatable bonds is 7. The molecule has 2 amide bonds. The number of aryl methyl sites for hydroxylation is 2. The van der Waals surface area contributed by atoms with Crippen LogP contribution in [-0.2, 0) is 0 Å². The van der Waals surface area contributed by atoms with Gasteiger partial charge >= 0.3 is 6.03 Å². The fourth-order valence-electron chi connectivity index (χ4n) is 2.56. The highest BCUT2D eigenvalue weighted by atomic mass is 16.2. The summed E-state index contributed by atoms with van der Waals surface area (Å²) in [6.07, 6.45) is 3.41. The van der Waals surface area contributed by atoms with E-state index in [1.807, 2.05) is 56.3 Å². The lowest BCUT2D eigenvalue weighted by atomic mass is 10.1. The summed E-state index contributed by atoms with van der Waals surface area (Å²) in [5.41, 5.74) is 3.89. The maximum Gasteiger partial charge on any atom is 0.319 e. The number of aromatic nitrogens is 3. The van der Waals surface area contributed by atoms with Gasteiger partial charge in [-0.25, -0.2) is 4.79 Å². The molecule has 0 unspecified atom stereocenters. The molecule has 0 saturated heterocycles. The number of amides is 2. The average molecular weight is 377 g/mol. The lowest BCUT2D eigenvalue weighted by Gasteiger charge is -2.11. The van der Waals surface area contributed by atoms with Crippen LogP contribution < -0.4 is 21.3 Å². The molecule has 0 fully saturated rings. The Balaban J connectivity index is 1.39. The van der Waals surface area contributed by atoms with Crippen molar-refractivity contribution in [2.24, 2.45) is 0 Å². The SMILES string of the molecule is Cc1ccc(NC(=O)NCCNc2ccc(Nc3ccncc3)nn2)c(C)c1. The summed E-state index contributed by atoms with van der Waals surface area (Å²) in [4.78, 5) is 16.0. The van der Waals surface area contributed by atoms with Gasteiger partial charge in [-0.1, -0.05) is 17.7 Å². The van der Waals surface area contributed by atoms with Crippen LogP contribution in [0.5, 0.6) is 0 Å². The molecule has 2 aromatic heterocycles. The van der Waals surface area contributed by atoms with Crippen molar-refractivity contribution in [1.29, 1.82) is 0 Å². The Morgan fingerprint density at radius 1 is 0.929 bits per heavy atom. The van der Waals surface area contributed by atoms with Gasteiger partial charge in [0.15, 0.2) is 5.82 Å². The first-order valence-electron chi connectivity index (χ1n) is 8.97. The van der Waals surface area contributed by atoms with Gasteiger partial charge in [0.1, 0.15) is 5.82 Å². The van der Waals surface area contributed by atoms with Gasteiger partial charge in [-0.3, -0.25) is 4.98 Å². The number of pyridine rings is 1. The summed E-state index contributed by atoms with van der Waals surface area (Å²) in [7, 11) is 0. The molecule has 1 aromatic carbocycles. The predicted octanol–water partition coefficient (Wildman–Crippen LogP) is 3.47. The van der Waals surface area contributed by atoms with E-state index in [1.165, 1.54) is 0 Å². The second kappa shape index (κ2) is 9.31. The summed E-state index contributed by atoms with van der Waals surface area (Å²) in [6.45, 7) is 4.98. The zero-order valence-electron chi connectivity index (χ0n) is 15.9. The van der Waals surface area contributed by atoms with E-state index in [0.717, 1.165) is 22.5 Å². The smallest absolute Gasteiger partial charge is 0.319 e. The van der Waals surface area contributed by atoms with Crippen LogP contribution in [0.2, 0.25) is 0 Å². The van der Waals surface area contributed by atoms with Crippen molar-refractivity contribution in [3.63, 3.8) is 0 Å². The van der Waals surface area contributed by atoms with Crippen LogP contribution in [0.1, 0.15) is 11.1 Å². The molecule has 0 aliphatic carbocycles. The van der Waals surface area contributed by atoms with Crippen LogP contribution in [-0.4, -0.2) is 34.3 Å². The van der Waals surface area contributed by atoms with Crippen LogP contribution in [0, 0.1) is 13.8 Å². The minimum absolute atomic E-state index is 0.239. The van der Waals surface area contributed by atoms with E-state index in [-0.39, 0.29) is 6.03 Å². The highest BCUT2D eigenvalue weighted by Crippen LogP contribution is 2.16. The Morgan fingerprint density at radius 3 is 2.39 bits per heavy atom. The Labute approximate surface area is 163 Å². The van der Waals surface area contributed by atoms with Crippen LogP contribution in [0.15, 0.2) is 54.9 Å². The fourth-order valence-corrected chi connectivity index (χ4v) is 2.56. The number of anilines is 4. The second-order valence-corrected chi connectivity index (χ2v) is 6.29. The Bertz CT molecular complexity index is 914. The molecule has 2 heterocycles. The number of nitrogens with zero attached hydrogens (tertiary/aromatic N) is 3. The van der Waals surface area contributed by atoms with E-state index >= 15 is 0 Å².